The Bertz CT molecular complexity index is 539. The van der Waals surface area contributed by atoms with Gasteiger partial charge in [-0.25, -0.2) is 0 Å². The third-order valence-electron chi connectivity index (χ3n) is 3.93. The minimum atomic E-state index is -0.284. The number of halogens is 1. The summed E-state index contributed by atoms with van der Waals surface area (Å²) in [6, 6.07) is 7.67. The van der Waals surface area contributed by atoms with E-state index in [9.17, 15) is 4.79 Å². The number of hydrogen-bond donors (Lipinski definition) is 3. The molecule has 0 spiro atoms. The van der Waals surface area contributed by atoms with E-state index in [1.165, 1.54) is 19.3 Å². The zero-order chi connectivity index (χ0) is 16.7. The first kappa shape index (κ1) is 18.0. The van der Waals surface area contributed by atoms with Crippen molar-refractivity contribution in [3.8, 4) is 5.75 Å². The third-order valence-corrected chi connectivity index (χ3v) is 4.68. The van der Waals surface area contributed by atoms with Crippen molar-refractivity contribution in [2.75, 3.05) is 6.61 Å². The molecule has 0 saturated heterocycles. The lowest BCUT2D eigenvalue weighted by Crippen LogP contribution is -2.52. The first-order valence-corrected chi connectivity index (χ1v) is 8.98. The molecule has 0 unspecified atom stereocenters. The monoisotopic (exact) mass is 399 g/mol. The number of carbonyl (C=O) groups excluding carboxylic acids is 1. The van der Waals surface area contributed by atoms with Crippen LogP contribution in [0.25, 0.3) is 0 Å². The molecule has 1 aromatic rings. The molecule has 1 aromatic carbocycles. The summed E-state index contributed by atoms with van der Waals surface area (Å²) >= 11 is 8.56. The minimum absolute atomic E-state index is 0.0723. The molecule has 1 aliphatic rings. The molecule has 2 rings (SSSR count). The third kappa shape index (κ3) is 6.35. The van der Waals surface area contributed by atoms with Gasteiger partial charge in [0, 0.05) is 10.5 Å². The molecular formula is C16H22BrN3O2S. The van der Waals surface area contributed by atoms with Crippen molar-refractivity contribution in [1.82, 2.24) is 16.2 Å². The van der Waals surface area contributed by atoms with Crippen LogP contribution in [-0.4, -0.2) is 23.7 Å². The molecule has 0 bridgehead atoms. The van der Waals surface area contributed by atoms with Crippen LogP contribution in [-0.2, 0) is 4.79 Å². The van der Waals surface area contributed by atoms with Gasteiger partial charge in [0.15, 0.2) is 11.7 Å². The van der Waals surface area contributed by atoms with E-state index < -0.39 is 0 Å². The van der Waals surface area contributed by atoms with E-state index in [2.05, 4.69) is 39.0 Å². The van der Waals surface area contributed by atoms with E-state index in [1.54, 1.807) is 12.1 Å². The van der Waals surface area contributed by atoms with Crippen molar-refractivity contribution < 1.29 is 9.53 Å². The predicted molar refractivity (Wildman–Crippen MR) is 98.1 cm³/mol. The molecular weight excluding hydrogens is 378 g/mol. The summed E-state index contributed by atoms with van der Waals surface area (Å²) in [5.74, 6) is 0.953. The fourth-order valence-electron chi connectivity index (χ4n) is 2.58. The van der Waals surface area contributed by atoms with Crippen molar-refractivity contribution in [3.63, 3.8) is 0 Å². The number of amides is 1. The highest BCUT2D eigenvalue weighted by Gasteiger charge is 2.21. The normalized spacial score (nSPS) is 20.4. The molecule has 0 radical (unpaired) electrons. The van der Waals surface area contributed by atoms with E-state index in [1.807, 2.05) is 12.1 Å². The Kier molecular flexibility index (Phi) is 7.11. The quantitative estimate of drug-likeness (QED) is 0.536. The lowest BCUT2D eigenvalue weighted by Gasteiger charge is -2.30. The molecule has 3 N–H and O–H groups in total. The Morgan fingerprint density at radius 2 is 1.96 bits per heavy atom. The van der Waals surface area contributed by atoms with Gasteiger partial charge in [0.05, 0.1) is 0 Å². The molecule has 126 valence electrons. The van der Waals surface area contributed by atoms with Crippen molar-refractivity contribution in [3.05, 3.63) is 28.7 Å². The summed E-state index contributed by atoms with van der Waals surface area (Å²) in [5.41, 5.74) is 5.27. The van der Waals surface area contributed by atoms with E-state index in [0.717, 1.165) is 10.9 Å². The fourth-order valence-corrected chi connectivity index (χ4v) is 3.04. The number of carbonyl (C=O) groups is 1. The van der Waals surface area contributed by atoms with Crippen molar-refractivity contribution >= 4 is 39.2 Å². The molecule has 1 amide bonds. The second kappa shape index (κ2) is 9.08. The first-order valence-electron chi connectivity index (χ1n) is 7.78. The van der Waals surface area contributed by atoms with Crippen molar-refractivity contribution in [1.29, 1.82) is 0 Å². The molecule has 23 heavy (non-hydrogen) atoms. The van der Waals surface area contributed by atoms with Gasteiger partial charge in [-0.2, -0.15) is 0 Å². The second-order valence-corrected chi connectivity index (χ2v) is 7.08. The smallest absolute Gasteiger partial charge is 0.276 e. The molecule has 1 aliphatic carbocycles. The average molecular weight is 400 g/mol. The van der Waals surface area contributed by atoms with Crippen LogP contribution in [0, 0.1) is 5.92 Å². The predicted octanol–water partition coefficient (Wildman–Crippen LogP) is 2.90. The van der Waals surface area contributed by atoms with Gasteiger partial charge < -0.3 is 10.1 Å². The standard InChI is InChI=1S/C16H22BrN3O2S/c1-11-4-2-3-5-14(11)18-16(23)20-19-15(21)10-22-13-8-6-12(17)7-9-13/h6-9,11,14H,2-5,10H2,1H3,(H,19,21)(H2,18,20,23)/t11-,14+/m0/s1. The minimum Gasteiger partial charge on any atom is -0.484 e. The highest BCUT2D eigenvalue weighted by atomic mass is 79.9. The van der Waals surface area contributed by atoms with Gasteiger partial charge in [0.2, 0.25) is 0 Å². The Morgan fingerprint density at radius 1 is 1.26 bits per heavy atom. The van der Waals surface area contributed by atoms with Crippen molar-refractivity contribution in [2.45, 2.75) is 38.6 Å². The number of benzene rings is 1. The molecule has 1 saturated carbocycles. The molecule has 2 atom stereocenters. The fraction of sp³-hybridized carbons (Fsp3) is 0.500. The van der Waals surface area contributed by atoms with Gasteiger partial charge in [-0.15, -0.1) is 0 Å². The van der Waals surface area contributed by atoms with E-state index in [0.29, 0.717) is 22.8 Å². The Balaban J connectivity index is 1.65. The lowest BCUT2D eigenvalue weighted by atomic mass is 9.86. The van der Waals surface area contributed by atoms with Gasteiger partial charge in [0.1, 0.15) is 5.75 Å². The van der Waals surface area contributed by atoms with Gasteiger partial charge in [-0.05, 0) is 55.2 Å². The van der Waals surface area contributed by atoms with Crippen LogP contribution in [0.2, 0.25) is 0 Å². The zero-order valence-corrected chi connectivity index (χ0v) is 15.5. The Labute approximate surface area is 150 Å². The maximum absolute atomic E-state index is 11.7. The number of rotatable bonds is 4. The summed E-state index contributed by atoms with van der Waals surface area (Å²) in [6.07, 6.45) is 4.83. The Hall–Kier alpha value is -1.34. The van der Waals surface area contributed by atoms with Gasteiger partial charge in [0.25, 0.3) is 5.91 Å². The SMILES string of the molecule is C[C@H]1CCCC[C@H]1NC(=S)NNC(=O)COc1ccc(Br)cc1. The van der Waals surface area contributed by atoms with Crippen LogP contribution in [0.1, 0.15) is 32.6 Å². The summed E-state index contributed by atoms with van der Waals surface area (Å²) in [6.45, 7) is 2.15. The van der Waals surface area contributed by atoms with Crippen LogP contribution in [0.4, 0.5) is 0 Å². The van der Waals surface area contributed by atoms with E-state index in [4.69, 9.17) is 17.0 Å². The number of hydrazine groups is 1. The second-order valence-electron chi connectivity index (χ2n) is 5.76. The van der Waals surface area contributed by atoms with E-state index in [-0.39, 0.29) is 12.5 Å². The molecule has 5 nitrogen and oxygen atoms in total. The van der Waals surface area contributed by atoms with Gasteiger partial charge >= 0.3 is 0 Å². The lowest BCUT2D eigenvalue weighted by molar-refractivity contribution is -0.123. The highest BCUT2D eigenvalue weighted by Crippen LogP contribution is 2.23. The molecule has 7 heteroatoms. The largest absolute Gasteiger partial charge is 0.484 e. The maximum atomic E-state index is 11.7. The number of hydrogen-bond acceptors (Lipinski definition) is 3. The van der Waals surface area contributed by atoms with Crippen LogP contribution >= 0.6 is 28.1 Å². The summed E-state index contributed by atoms with van der Waals surface area (Å²) < 4.78 is 6.35. The maximum Gasteiger partial charge on any atom is 0.276 e. The highest BCUT2D eigenvalue weighted by molar-refractivity contribution is 9.10. The first-order chi connectivity index (χ1) is 11.0. The molecule has 0 aromatic heterocycles. The van der Waals surface area contributed by atoms with Gasteiger partial charge in [-0.1, -0.05) is 35.7 Å². The molecule has 0 aliphatic heterocycles. The topological polar surface area (TPSA) is 62.4 Å². The van der Waals surface area contributed by atoms with E-state index >= 15 is 0 Å². The average Bonchev–Trinajstić information content (AvgIpc) is 2.54. The summed E-state index contributed by atoms with van der Waals surface area (Å²) in [5, 5.41) is 3.71. The molecule has 0 heterocycles. The summed E-state index contributed by atoms with van der Waals surface area (Å²) in [7, 11) is 0. The molecule has 1 fully saturated rings. The zero-order valence-electron chi connectivity index (χ0n) is 13.1. The van der Waals surface area contributed by atoms with Crippen LogP contribution in [0.15, 0.2) is 28.7 Å². The number of nitrogens with one attached hydrogen (secondary N) is 3. The van der Waals surface area contributed by atoms with Crippen LogP contribution < -0.4 is 20.9 Å². The summed E-state index contributed by atoms with van der Waals surface area (Å²) in [4.78, 5) is 11.7. The van der Waals surface area contributed by atoms with Gasteiger partial charge in [-0.3, -0.25) is 15.6 Å². The number of thiocarbonyl (C=S) groups is 1. The number of ether oxygens (including phenoxy) is 1. The Morgan fingerprint density at radius 3 is 2.65 bits per heavy atom. The van der Waals surface area contributed by atoms with Crippen molar-refractivity contribution in [2.24, 2.45) is 5.92 Å². The van der Waals surface area contributed by atoms with Crippen LogP contribution in [0.5, 0.6) is 5.75 Å². The van der Waals surface area contributed by atoms with Crippen LogP contribution in [0.3, 0.4) is 0 Å².